The Bertz CT molecular complexity index is 567. The lowest BCUT2D eigenvalue weighted by atomic mass is 10.2. The van der Waals surface area contributed by atoms with Crippen molar-refractivity contribution < 1.29 is 9.84 Å². The van der Waals surface area contributed by atoms with Gasteiger partial charge in [-0.3, -0.25) is 4.98 Å². The highest BCUT2D eigenvalue weighted by Gasteiger charge is 2.09. The average molecular weight is 452 g/mol. The van der Waals surface area contributed by atoms with Gasteiger partial charge in [0.2, 0.25) is 0 Å². The zero-order chi connectivity index (χ0) is 13.8. The van der Waals surface area contributed by atoms with Crippen LogP contribution in [0.4, 0.5) is 0 Å². The van der Waals surface area contributed by atoms with Crippen LogP contribution in [-0.4, -0.2) is 10.1 Å². The minimum absolute atomic E-state index is 0.00691. The van der Waals surface area contributed by atoms with E-state index in [-0.39, 0.29) is 6.61 Å². The van der Waals surface area contributed by atoms with Crippen LogP contribution in [0.5, 0.6) is 5.75 Å². The Labute approximate surface area is 136 Å². The highest BCUT2D eigenvalue weighted by molar-refractivity contribution is 9.11. The molecule has 19 heavy (non-hydrogen) atoms. The third kappa shape index (κ3) is 4.02. The molecule has 0 aliphatic heterocycles. The summed E-state index contributed by atoms with van der Waals surface area (Å²) in [6, 6.07) is 5.62. The SMILES string of the molecule is OCc1cc(Br)c(OCc2cncc(Br)c2)c(Br)c1. The van der Waals surface area contributed by atoms with Gasteiger partial charge in [-0.2, -0.15) is 0 Å². The van der Waals surface area contributed by atoms with Crippen LogP contribution >= 0.6 is 47.8 Å². The maximum absolute atomic E-state index is 9.12. The molecule has 0 aliphatic carbocycles. The lowest BCUT2D eigenvalue weighted by molar-refractivity contribution is 0.280. The number of ether oxygens (including phenoxy) is 1. The fraction of sp³-hybridized carbons (Fsp3) is 0.154. The highest BCUT2D eigenvalue weighted by atomic mass is 79.9. The predicted octanol–water partition coefficient (Wildman–Crippen LogP) is 4.44. The summed E-state index contributed by atoms with van der Waals surface area (Å²) in [7, 11) is 0. The van der Waals surface area contributed by atoms with Crippen LogP contribution in [0, 0.1) is 0 Å². The molecular formula is C13H10Br3NO2. The Hall–Kier alpha value is -0.430. The number of pyridine rings is 1. The molecule has 0 unspecified atom stereocenters. The van der Waals surface area contributed by atoms with Gasteiger partial charge < -0.3 is 9.84 Å². The number of rotatable bonds is 4. The molecule has 0 bridgehead atoms. The first-order valence-corrected chi connectivity index (χ1v) is 7.79. The minimum Gasteiger partial charge on any atom is -0.486 e. The molecule has 3 nitrogen and oxygen atoms in total. The van der Waals surface area contributed by atoms with Crippen LogP contribution in [0.15, 0.2) is 44.0 Å². The van der Waals surface area contributed by atoms with Crippen LogP contribution in [0.1, 0.15) is 11.1 Å². The van der Waals surface area contributed by atoms with Crippen molar-refractivity contribution in [2.24, 2.45) is 0 Å². The lowest BCUT2D eigenvalue weighted by Gasteiger charge is -2.11. The second-order valence-electron chi connectivity index (χ2n) is 3.85. The van der Waals surface area contributed by atoms with Crippen molar-refractivity contribution in [3.8, 4) is 5.75 Å². The van der Waals surface area contributed by atoms with Crippen molar-refractivity contribution in [3.05, 3.63) is 55.1 Å². The molecule has 0 saturated heterocycles. The van der Waals surface area contributed by atoms with Gasteiger partial charge in [0.25, 0.3) is 0 Å². The molecule has 0 amide bonds. The molecule has 0 radical (unpaired) electrons. The normalized spacial score (nSPS) is 10.5. The van der Waals surface area contributed by atoms with Gasteiger partial charge in [0.1, 0.15) is 12.4 Å². The number of nitrogens with zero attached hydrogens (tertiary/aromatic N) is 1. The first-order valence-electron chi connectivity index (χ1n) is 5.41. The maximum atomic E-state index is 9.12. The van der Waals surface area contributed by atoms with E-state index in [1.165, 1.54) is 0 Å². The van der Waals surface area contributed by atoms with Crippen LogP contribution in [0.25, 0.3) is 0 Å². The Morgan fingerprint density at radius 1 is 1.00 bits per heavy atom. The summed E-state index contributed by atoms with van der Waals surface area (Å²) >= 11 is 10.2. The number of benzene rings is 1. The van der Waals surface area contributed by atoms with Crippen molar-refractivity contribution in [3.63, 3.8) is 0 Å². The summed E-state index contributed by atoms with van der Waals surface area (Å²) in [5.74, 6) is 0.706. The third-order valence-electron chi connectivity index (χ3n) is 2.39. The monoisotopic (exact) mass is 449 g/mol. The average Bonchev–Trinajstić information content (AvgIpc) is 2.37. The molecule has 0 fully saturated rings. The van der Waals surface area contributed by atoms with Gasteiger partial charge in [-0.15, -0.1) is 0 Å². The minimum atomic E-state index is -0.00691. The van der Waals surface area contributed by atoms with Crippen LogP contribution in [0.2, 0.25) is 0 Å². The van der Waals surface area contributed by atoms with E-state index in [1.807, 2.05) is 18.2 Å². The molecule has 2 aromatic rings. The van der Waals surface area contributed by atoms with Crippen molar-refractivity contribution >= 4 is 47.8 Å². The number of halogens is 3. The fourth-order valence-corrected chi connectivity index (χ4v) is 3.45. The summed E-state index contributed by atoms with van der Waals surface area (Å²) in [5.41, 5.74) is 1.79. The van der Waals surface area contributed by atoms with E-state index in [0.29, 0.717) is 12.4 Å². The summed E-state index contributed by atoms with van der Waals surface area (Å²) in [6.45, 7) is 0.412. The number of aliphatic hydroxyl groups is 1. The Kier molecular flexibility index (Phi) is 5.38. The predicted molar refractivity (Wildman–Crippen MR) is 84.0 cm³/mol. The Balaban J connectivity index is 2.16. The summed E-state index contributed by atoms with van der Waals surface area (Å²) in [5, 5.41) is 9.12. The van der Waals surface area contributed by atoms with E-state index in [9.17, 15) is 0 Å². The van der Waals surface area contributed by atoms with E-state index in [2.05, 4.69) is 52.8 Å². The summed E-state index contributed by atoms with van der Waals surface area (Å²) < 4.78 is 8.29. The van der Waals surface area contributed by atoms with Crippen LogP contribution in [0.3, 0.4) is 0 Å². The molecule has 1 aromatic heterocycles. The topological polar surface area (TPSA) is 42.4 Å². The number of hydrogen-bond acceptors (Lipinski definition) is 3. The molecule has 0 atom stereocenters. The largest absolute Gasteiger partial charge is 0.486 e. The van der Waals surface area contributed by atoms with E-state index in [0.717, 1.165) is 24.5 Å². The fourth-order valence-electron chi connectivity index (χ4n) is 1.53. The van der Waals surface area contributed by atoms with Crippen LogP contribution in [-0.2, 0) is 13.2 Å². The van der Waals surface area contributed by atoms with Crippen molar-refractivity contribution in [2.45, 2.75) is 13.2 Å². The van der Waals surface area contributed by atoms with E-state index < -0.39 is 0 Å². The molecule has 1 heterocycles. The third-order valence-corrected chi connectivity index (χ3v) is 4.00. The molecule has 0 aliphatic rings. The second kappa shape index (κ2) is 6.83. The van der Waals surface area contributed by atoms with Gasteiger partial charge in [0.15, 0.2) is 0 Å². The molecule has 2 rings (SSSR count). The number of aliphatic hydroxyl groups excluding tert-OH is 1. The zero-order valence-electron chi connectivity index (χ0n) is 9.74. The molecule has 6 heteroatoms. The standard InChI is InChI=1S/C13H10Br3NO2/c14-10-1-9(4-17-5-10)7-19-13-11(15)2-8(6-18)3-12(13)16/h1-5,18H,6-7H2. The van der Waals surface area contributed by atoms with Gasteiger partial charge in [-0.05, 0) is 71.6 Å². The summed E-state index contributed by atoms with van der Waals surface area (Å²) in [6.07, 6.45) is 3.49. The number of hydrogen-bond donors (Lipinski definition) is 1. The van der Waals surface area contributed by atoms with Gasteiger partial charge in [0, 0.05) is 22.4 Å². The van der Waals surface area contributed by atoms with Gasteiger partial charge in [-0.25, -0.2) is 0 Å². The lowest BCUT2D eigenvalue weighted by Crippen LogP contribution is -1.98. The smallest absolute Gasteiger partial charge is 0.148 e. The molecule has 0 spiro atoms. The van der Waals surface area contributed by atoms with Crippen LogP contribution < -0.4 is 4.74 Å². The highest BCUT2D eigenvalue weighted by Crippen LogP contribution is 2.35. The Morgan fingerprint density at radius 3 is 2.26 bits per heavy atom. The quantitative estimate of drug-likeness (QED) is 0.747. The zero-order valence-corrected chi connectivity index (χ0v) is 14.5. The van der Waals surface area contributed by atoms with E-state index >= 15 is 0 Å². The molecule has 1 aromatic carbocycles. The first-order chi connectivity index (χ1) is 9.10. The van der Waals surface area contributed by atoms with Gasteiger partial charge in [-0.1, -0.05) is 0 Å². The molecular weight excluding hydrogens is 442 g/mol. The molecule has 0 saturated carbocycles. The Morgan fingerprint density at radius 2 is 1.68 bits per heavy atom. The second-order valence-corrected chi connectivity index (χ2v) is 6.47. The van der Waals surface area contributed by atoms with Crippen molar-refractivity contribution in [1.82, 2.24) is 4.98 Å². The molecule has 1 N–H and O–H groups in total. The summed E-state index contributed by atoms with van der Waals surface area (Å²) in [4.78, 5) is 4.09. The molecule has 100 valence electrons. The van der Waals surface area contributed by atoms with E-state index in [1.54, 1.807) is 12.4 Å². The van der Waals surface area contributed by atoms with Crippen molar-refractivity contribution in [1.29, 1.82) is 0 Å². The maximum Gasteiger partial charge on any atom is 0.148 e. The number of aromatic nitrogens is 1. The first kappa shape index (κ1) is 15.0. The van der Waals surface area contributed by atoms with Gasteiger partial charge >= 0.3 is 0 Å². The van der Waals surface area contributed by atoms with Crippen molar-refractivity contribution in [2.75, 3.05) is 0 Å². The van der Waals surface area contributed by atoms with Gasteiger partial charge in [0.05, 0.1) is 15.6 Å². The van der Waals surface area contributed by atoms with E-state index in [4.69, 9.17) is 9.84 Å².